The largest absolute Gasteiger partial charge is 0.334 e. The van der Waals surface area contributed by atoms with Crippen LogP contribution in [0.25, 0.3) is 0 Å². The summed E-state index contributed by atoms with van der Waals surface area (Å²) in [6.07, 6.45) is 9.19. The lowest BCUT2D eigenvalue weighted by molar-refractivity contribution is 0.686. The Bertz CT molecular complexity index is 530. The lowest BCUT2D eigenvalue weighted by Crippen LogP contribution is -2.07. The molecule has 86 valence electrons. The molecule has 0 fully saturated rings. The van der Waals surface area contributed by atoms with Crippen LogP contribution in [0.15, 0.2) is 36.7 Å². The molecule has 0 N–H and O–H groups in total. The van der Waals surface area contributed by atoms with Gasteiger partial charge in [-0.2, -0.15) is 0 Å². The molecule has 0 atom stereocenters. The topological polar surface area (TPSA) is 17.8 Å². The van der Waals surface area contributed by atoms with Gasteiger partial charge in [0.1, 0.15) is 0 Å². The van der Waals surface area contributed by atoms with Crippen molar-refractivity contribution in [1.82, 2.24) is 9.55 Å². The van der Waals surface area contributed by atoms with Crippen molar-refractivity contribution in [3.05, 3.63) is 53.6 Å². The van der Waals surface area contributed by atoms with Crippen molar-refractivity contribution in [2.45, 2.75) is 26.3 Å². The molecule has 0 spiro atoms. The number of rotatable bonds is 3. The van der Waals surface area contributed by atoms with E-state index in [9.17, 15) is 0 Å². The Balaban J connectivity index is 2.38. The van der Waals surface area contributed by atoms with Gasteiger partial charge in [0, 0.05) is 24.6 Å². The van der Waals surface area contributed by atoms with Crippen molar-refractivity contribution < 1.29 is 0 Å². The quantitative estimate of drug-likeness (QED) is 0.733. The third kappa shape index (κ3) is 2.39. The van der Waals surface area contributed by atoms with Gasteiger partial charge in [0.05, 0.1) is 5.69 Å². The van der Waals surface area contributed by atoms with E-state index in [1.807, 2.05) is 18.3 Å². The molecule has 2 rings (SSSR count). The van der Waals surface area contributed by atoms with Gasteiger partial charge >= 0.3 is 0 Å². The molecular weight excluding hydrogens is 208 g/mol. The van der Waals surface area contributed by atoms with Crippen LogP contribution in [0.2, 0.25) is 0 Å². The third-order valence-electron chi connectivity index (χ3n) is 2.82. The molecule has 0 aliphatic carbocycles. The second kappa shape index (κ2) is 4.88. The highest BCUT2D eigenvalue weighted by Gasteiger charge is 2.10. The van der Waals surface area contributed by atoms with E-state index >= 15 is 0 Å². The van der Waals surface area contributed by atoms with Crippen LogP contribution in [-0.2, 0) is 6.54 Å². The average molecular weight is 224 g/mol. The van der Waals surface area contributed by atoms with Crippen LogP contribution >= 0.6 is 0 Å². The van der Waals surface area contributed by atoms with Crippen molar-refractivity contribution in [2.75, 3.05) is 0 Å². The Morgan fingerprint density at radius 2 is 2.18 bits per heavy atom. The minimum absolute atomic E-state index is 0.466. The average Bonchev–Trinajstić information content (AvgIpc) is 2.73. The second-order valence-corrected chi connectivity index (χ2v) is 4.39. The zero-order valence-corrected chi connectivity index (χ0v) is 10.2. The molecule has 0 aliphatic rings. The van der Waals surface area contributed by atoms with E-state index < -0.39 is 0 Å². The number of pyridine rings is 1. The number of terminal acetylenes is 1. The van der Waals surface area contributed by atoms with Crippen molar-refractivity contribution in [1.29, 1.82) is 0 Å². The van der Waals surface area contributed by atoms with Crippen LogP contribution in [0.1, 0.15) is 36.7 Å². The molecule has 2 aromatic rings. The molecule has 2 heteroatoms. The Labute approximate surface area is 102 Å². The first-order valence-corrected chi connectivity index (χ1v) is 5.77. The van der Waals surface area contributed by atoms with E-state index in [1.54, 1.807) is 6.20 Å². The number of nitrogens with zero attached hydrogens (tertiary/aromatic N) is 2. The maximum Gasteiger partial charge on any atom is 0.0922 e. The summed E-state index contributed by atoms with van der Waals surface area (Å²) in [6, 6.07) is 8.13. The molecule has 0 amide bonds. The zero-order chi connectivity index (χ0) is 12.3. The predicted molar refractivity (Wildman–Crippen MR) is 69.8 cm³/mol. The Kier molecular flexibility index (Phi) is 3.30. The molecule has 0 saturated carbocycles. The Morgan fingerprint density at radius 3 is 2.76 bits per heavy atom. The van der Waals surface area contributed by atoms with Gasteiger partial charge in [-0.1, -0.05) is 25.8 Å². The van der Waals surface area contributed by atoms with Gasteiger partial charge in [0.25, 0.3) is 0 Å². The van der Waals surface area contributed by atoms with Crippen LogP contribution in [-0.4, -0.2) is 9.55 Å². The molecule has 17 heavy (non-hydrogen) atoms. The normalized spacial score (nSPS) is 10.5. The summed E-state index contributed by atoms with van der Waals surface area (Å²) >= 11 is 0. The van der Waals surface area contributed by atoms with E-state index in [1.165, 1.54) is 11.3 Å². The number of hydrogen-bond donors (Lipinski definition) is 0. The minimum Gasteiger partial charge on any atom is -0.334 e. The summed E-state index contributed by atoms with van der Waals surface area (Å²) in [5, 5.41) is 0. The smallest absolute Gasteiger partial charge is 0.0922 e. The van der Waals surface area contributed by atoms with Gasteiger partial charge in [0.15, 0.2) is 0 Å². The first kappa shape index (κ1) is 11.5. The SMILES string of the molecule is C#Cc1ccc(C(C)C)n1Cc1cccnc1. The number of hydrogen-bond acceptors (Lipinski definition) is 1. The number of aromatic nitrogens is 2. The summed E-state index contributed by atoms with van der Waals surface area (Å²) in [5.41, 5.74) is 3.36. The summed E-state index contributed by atoms with van der Waals surface area (Å²) in [4.78, 5) is 4.13. The third-order valence-corrected chi connectivity index (χ3v) is 2.82. The van der Waals surface area contributed by atoms with Gasteiger partial charge in [-0.15, -0.1) is 6.42 Å². The molecular formula is C15H16N2. The van der Waals surface area contributed by atoms with Crippen molar-refractivity contribution in [3.8, 4) is 12.3 Å². The van der Waals surface area contributed by atoms with Crippen LogP contribution in [0, 0.1) is 12.3 Å². The summed E-state index contributed by atoms with van der Waals surface area (Å²) < 4.78 is 2.18. The molecule has 0 bridgehead atoms. The highest BCUT2D eigenvalue weighted by Crippen LogP contribution is 2.19. The van der Waals surface area contributed by atoms with E-state index in [4.69, 9.17) is 6.42 Å². The van der Waals surface area contributed by atoms with Crippen molar-refractivity contribution >= 4 is 0 Å². The van der Waals surface area contributed by atoms with Gasteiger partial charge in [-0.3, -0.25) is 4.98 Å². The molecule has 0 aliphatic heterocycles. The molecule has 0 aromatic carbocycles. The molecule has 0 radical (unpaired) electrons. The molecule has 0 unspecified atom stereocenters. The maximum absolute atomic E-state index is 5.53. The fraction of sp³-hybridized carbons (Fsp3) is 0.267. The highest BCUT2D eigenvalue weighted by atomic mass is 15.0. The lowest BCUT2D eigenvalue weighted by atomic mass is 10.1. The molecule has 0 saturated heterocycles. The Morgan fingerprint density at radius 1 is 1.35 bits per heavy atom. The monoisotopic (exact) mass is 224 g/mol. The molecule has 2 aromatic heterocycles. The van der Waals surface area contributed by atoms with Gasteiger partial charge in [0.2, 0.25) is 0 Å². The predicted octanol–water partition coefficient (Wildman–Crippen LogP) is 3.04. The highest BCUT2D eigenvalue weighted by molar-refractivity contribution is 5.32. The van der Waals surface area contributed by atoms with Crippen LogP contribution in [0.5, 0.6) is 0 Å². The van der Waals surface area contributed by atoms with Gasteiger partial charge in [-0.05, 0) is 29.7 Å². The van der Waals surface area contributed by atoms with Gasteiger partial charge < -0.3 is 4.57 Å². The van der Waals surface area contributed by atoms with Crippen molar-refractivity contribution in [2.24, 2.45) is 0 Å². The fourth-order valence-corrected chi connectivity index (χ4v) is 1.96. The standard InChI is InChI=1S/C15H16N2/c1-4-14-7-8-15(12(2)3)17(14)11-13-6-5-9-16-10-13/h1,5-10,12H,11H2,2-3H3. The maximum atomic E-state index is 5.53. The van der Waals surface area contributed by atoms with E-state index in [0.29, 0.717) is 5.92 Å². The summed E-state index contributed by atoms with van der Waals surface area (Å²) in [5.74, 6) is 3.20. The van der Waals surface area contributed by atoms with Gasteiger partial charge in [-0.25, -0.2) is 0 Å². The van der Waals surface area contributed by atoms with E-state index in [0.717, 1.165) is 12.2 Å². The fourth-order valence-electron chi connectivity index (χ4n) is 1.96. The van der Waals surface area contributed by atoms with Crippen LogP contribution < -0.4 is 0 Å². The first-order chi connectivity index (χ1) is 8.22. The lowest BCUT2D eigenvalue weighted by Gasteiger charge is -2.13. The van der Waals surface area contributed by atoms with E-state index in [-0.39, 0.29) is 0 Å². The molecule has 2 heterocycles. The second-order valence-electron chi connectivity index (χ2n) is 4.39. The summed E-state index contributed by atoms with van der Waals surface area (Å²) in [7, 11) is 0. The molecule has 2 nitrogen and oxygen atoms in total. The van der Waals surface area contributed by atoms with E-state index in [2.05, 4.69) is 41.5 Å². The van der Waals surface area contributed by atoms with Crippen LogP contribution in [0.4, 0.5) is 0 Å². The zero-order valence-electron chi connectivity index (χ0n) is 10.2. The first-order valence-electron chi connectivity index (χ1n) is 5.77. The minimum atomic E-state index is 0.466. The van der Waals surface area contributed by atoms with Crippen LogP contribution in [0.3, 0.4) is 0 Å². The van der Waals surface area contributed by atoms with Crippen molar-refractivity contribution in [3.63, 3.8) is 0 Å². The summed E-state index contributed by atoms with van der Waals surface area (Å²) in [6.45, 7) is 5.14. The Hall–Kier alpha value is -2.01.